The zero-order chi connectivity index (χ0) is 17.0. The van der Waals surface area contributed by atoms with E-state index in [0.717, 1.165) is 27.2 Å². The summed E-state index contributed by atoms with van der Waals surface area (Å²) in [5.74, 6) is 0.864. The first-order valence-electron chi connectivity index (χ1n) is 7.76. The fourth-order valence-electron chi connectivity index (χ4n) is 3.23. The first-order valence-corrected chi connectivity index (χ1v) is 9.02. The minimum absolute atomic E-state index is 0.0164. The second kappa shape index (κ2) is 5.50. The number of benzene rings is 1. The molecular formula is C17H17ClN4OS. The minimum Gasteiger partial charge on any atom is -0.324 e. The summed E-state index contributed by atoms with van der Waals surface area (Å²) in [5.41, 5.74) is 2.83. The summed E-state index contributed by atoms with van der Waals surface area (Å²) < 4.78 is 5.65. The Morgan fingerprint density at radius 1 is 1.25 bits per heavy atom. The Labute approximate surface area is 147 Å². The van der Waals surface area contributed by atoms with E-state index in [9.17, 15) is 4.79 Å². The Balaban J connectivity index is 1.93. The van der Waals surface area contributed by atoms with Crippen molar-refractivity contribution in [1.29, 1.82) is 0 Å². The molecule has 0 unspecified atom stereocenters. The van der Waals surface area contributed by atoms with Gasteiger partial charge < -0.3 is 4.57 Å². The molecule has 7 heteroatoms. The van der Waals surface area contributed by atoms with Crippen LogP contribution in [0.25, 0.3) is 21.4 Å². The zero-order valence-electron chi connectivity index (χ0n) is 13.7. The van der Waals surface area contributed by atoms with E-state index in [1.165, 1.54) is 0 Å². The smallest absolute Gasteiger partial charge is 0.324 e. The largest absolute Gasteiger partial charge is 0.329 e. The molecule has 0 aliphatic heterocycles. The van der Waals surface area contributed by atoms with Gasteiger partial charge >= 0.3 is 5.69 Å². The predicted molar refractivity (Wildman–Crippen MR) is 99.3 cm³/mol. The van der Waals surface area contributed by atoms with E-state index in [2.05, 4.69) is 18.4 Å². The van der Waals surface area contributed by atoms with Crippen LogP contribution >= 0.6 is 22.9 Å². The Morgan fingerprint density at radius 3 is 2.79 bits per heavy atom. The van der Waals surface area contributed by atoms with Crippen LogP contribution in [0.4, 0.5) is 0 Å². The summed E-state index contributed by atoms with van der Waals surface area (Å²) >= 11 is 7.68. The van der Waals surface area contributed by atoms with Gasteiger partial charge in [0.15, 0.2) is 0 Å². The molecule has 0 spiro atoms. The highest BCUT2D eigenvalue weighted by Gasteiger charge is 2.18. The molecule has 3 aromatic heterocycles. The van der Waals surface area contributed by atoms with E-state index in [-0.39, 0.29) is 11.7 Å². The average molecular weight is 361 g/mol. The van der Waals surface area contributed by atoms with Crippen molar-refractivity contribution in [3.8, 4) is 0 Å². The second-order valence-corrected chi connectivity index (χ2v) is 7.49. The average Bonchev–Trinajstić information content (AvgIpc) is 3.18. The molecule has 3 heterocycles. The number of aromatic nitrogens is 4. The normalized spacial score (nSPS) is 12.0. The summed E-state index contributed by atoms with van der Waals surface area (Å²) in [6.45, 7) is 4.68. The highest BCUT2D eigenvalue weighted by atomic mass is 35.5. The second-order valence-electron chi connectivity index (χ2n) is 6.16. The van der Waals surface area contributed by atoms with Gasteiger partial charge in [0, 0.05) is 18.1 Å². The van der Waals surface area contributed by atoms with Gasteiger partial charge in [0.1, 0.15) is 10.7 Å². The van der Waals surface area contributed by atoms with Crippen LogP contribution in [0.15, 0.2) is 34.4 Å². The van der Waals surface area contributed by atoms with Crippen LogP contribution in [0.2, 0.25) is 5.02 Å². The highest BCUT2D eigenvalue weighted by molar-refractivity contribution is 7.16. The van der Waals surface area contributed by atoms with Crippen molar-refractivity contribution in [2.24, 2.45) is 7.05 Å². The lowest BCUT2D eigenvalue weighted by Crippen LogP contribution is -2.24. The number of aryl methyl sites for hydroxylation is 1. The monoisotopic (exact) mass is 360 g/mol. The molecule has 0 N–H and O–H groups in total. The predicted octanol–water partition coefficient (Wildman–Crippen LogP) is 4.03. The van der Waals surface area contributed by atoms with Gasteiger partial charge in [-0.05, 0) is 43.5 Å². The molecule has 4 rings (SSSR count). The SMILES string of the molecule is CC(C)n1c(Cn2c(=O)n(C)c3sccc32)nc2cc(Cl)ccc21. The maximum atomic E-state index is 12.6. The molecule has 0 amide bonds. The van der Waals surface area contributed by atoms with Crippen molar-refractivity contribution >= 4 is 44.3 Å². The molecule has 4 aromatic rings. The topological polar surface area (TPSA) is 44.8 Å². The van der Waals surface area contributed by atoms with Gasteiger partial charge in [-0.15, -0.1) is 11.3 Å². The standard InChI is InChI=1S/C17H17ClN4OS/c1-10(2)22-13-5-4-11(18)8-12(13)19-15(22)9-21-14-6-7-24-16(14)20(3)17(21)23/h4-8,10H,9H2,1-3H3. The molecule has 0 saturated carbocycles. The summed E-state index contributed by atoms with van der Waals surface area (Å²) in [5, 5.41) is 2.67. The number of halogens is 1. The van der Waals surface area contributed by atoms with Crippen LogP contribution in [0.1, 0.15) is 25.7 Å². The molecule has 0 fully saturated rings. The molecule has 24 heavy (non-hydrogen) atoms. The molecule has 0 radical (unpaired) electrons. The number of hydrogen-bond donors (Lipinski definition) is 0. The Hall–Kier alpha value is -2.05. The number of imidazole rings is 2. The van der Waals surface area contributed by atoms with Gasteiger partial charge in [-0.1, -0.05) is 11.6 Å². The summed E-state index contributed by atoms with van der Waals surface area (Å²) in [4.78, 5) is 18.3. The van der Waals surface area contributed by atoms with Gasteiger partial charge in [0.25, 0.3) is 0 Å². The lowest BCUT2D eigenvalue weighted by atomic mass is 10.3. The lowest BCUT2D eigenvalue weighted by Gasteiger charge is -2.13. The third kappa shape index (κ3) is 2.21. The number of fused-ring (bicyclic) bond motifs is 2. The zero-order valence-corrected chi connectivity index (χ0v) is 15.2. The van der Waals surface area contributed by atoms with Gasteiger partial charge in [0.2, 0.25) is 0 Å². The van der Waals surface area contributed by atoms with Crippen LogP contribution in [0, 0.1) is 0 Å². The first kappa shape index (κ1) is 15.5. The van der Waals surface area contributed by atoms with E-state index in [1.807, 2.05) is 36.7 Å². The van der Waals surface area contributed by atoms with E-state index in [0.29, 0.717) is 11.6 Å². The summed E-state index contributed by atoms with van der Waals surface area (Å²) in [7, 11) is 1.81. The van der Waals surface area contributed by atoms with E-state index in [1.54, 1.807) is 20.5 Å². The van der Waals surface area contributed by atoms with Crippen LogP contribution in [0.3, 0.4) is 0 Å². The Morgan fingerprint density at radius 2 is 2.04 bits per heavy atom. The van der Waals surface area contributed by atoms with Crippen LogP contribution < -0.4 is 5.69 Å². The highest BCUT2D eigenvalue weighted by Crippen LogP contribution is 2.26. The fourth-order valence-corrected chi connectivity index (χ4v) is 4.25. The van der Waals surface area contributed by atoms with Gasteiger partial charge in [-0.2, -0.15) is 0 Å². The number of nitrogens with zero attached hydrogens (tertiary/aromatic N) is 4. The first-order chi connectivity index (χ1) is 11.5. The molecule has 5 nitrogen and oxygen atoms in total. The van der Waals surface area contributed by atoms with Crippen LogP contribution in [-0.2, 0) is 13.6 Å². The lowest BCUT2D eigenvalue weighted by molar-refractivity contribution is 0.565. The Kier molecular flexibility index (Phi) is 3.54. The van der Waals surface area contributed by atoms with Crippen LogP contribution in [0.5, 0.6) is 0 Å². The van der Waals surface area contributed by atoms with Crippen molar-refractivity contribution in [3.63, 3.8) is 0 Å². The molecule has 0 aliphatic carbocycles. The molecule has 124 valence electrons. The van der Waals surface area contributed by atoms with Crippen molar-refractivity contribution < 1.29 is 0 Å². The molecule has 0 atom stereocenters. The maximum absolute atomic E-state index is 12.6. The van der Waals surface area contributed by atoms with E-state index in [4.69, 9.17) is 16.6 Å². The number of hydrogen-bond acceptors (Lipinski definition) is 3. The molecule has 0 bridgehead atoms. The van der Waals surface area contributed by atoms with Crippen molar-refractivity contribution in [2.75, 3.05) is 0 Å². The molecular weight excluding hydrogens is 344 g/mol. The van der Waals surface area contributed by atoms with Gasteiger partial charge in [0.05, 0.1) is 23.1 Å². The van der Waals surface area contributed by atoms with Crippen molar-refractivity contribution in [3.05, 3.63) is 51.0 Å². The maximum Gasteiger partial charge on any atom is 0.329 e. The van der Waals surface area contributed by atoms with Gasteiger partial charge in [-0.3, -0.25) is 9.13 Å². The van der Waals surface area contributed by atoms with E-state index < -0.39 is 0 Å². The third-order valence-electron chi connectivity index (χ3n) is 4.28. The van der Waals surface area contributed by atoms with Crippen LogP contribution in [-0.4, -0.2) is 18.7 Å². The fraction of sp³-hybridized carbons (Fsp3) is 0.294. The van der Waals surface area contributed by atoms with Crippen molar-refractivity contribution in [1.82, 2.24) is 18.7 Å². The summed E-state index contributed by atoms with van der Waals surface area (Å²) in [6.07, 6.45) is 0. The Bertz CT molecular complexity index is 1120. The molecule has 1 aromatic carbocycles. The van der Waals surface area contributed by atoms with E-state index >= 15 is 0 Å². The molecule has 0 saturated heterocycles. The summed E-state index contributed by atoms with van der Waals surface area (Å²) in [6, 6.07) is 7.96. The molecule has 0 aliphatic rings. The van der Waals surface area contributed by atoms with Crippen molar-refractivity contribution in [2.45, 2.75) is 26.4 Å². The minimum atomic E-state index is -0.0164. The number of rotatable bonds is 3. The van der Waals surface area contributed by atoms with Gasteiger partial charge in [-0.25, -0.2) is 9.78 Å². The quantitative estimate of drug-likeness (QED) is 0.553. The number of thiophene rings is 1. The third-order valence-corrected chi connectivity index (χ3v) is 5.49.